The van der Waals surface area contributed by atoms with Gasteiger partial charge in [-0.2, -0.15) is 8.78 Å². The zero-order chi connectivity index (χ0) is 20.2. The van der Waals surface area contributed by atoms with Gasteiger partial charge >= 0.3 is 0 Å². The average Bonchev–Trinajstić information content (AvgIpc) is 3.56. The molecule has 0 N–H and O–H groups in total. The fourth-order valence-electron chi connectivity index (χ4n) is 5.47. The molecule has 0 aromatic heterocycles. The Kier molecular flexibility index (Phi) is 6.97. The van der Waals surface area contributed by atoms with Gasteiger partial charge in [0.25, 0.3) is 0 Å². The van der Waals surface area contributed by atoms with Crippen molar-refractivity contribution in [1.82, 2.24) is 0 Å². The molecule has 3 fully saturated rings. The fraction of sp³-hybridized carbons (Fsp3) is 0.760. The molecule has 0 spiro atoms. The molecule has 2 nitrogen and oxygen atoms in total. The summed E-state index contributed by atoms with van der Waals surface area (Å²) in [5.74, 6) is 1.38. The molecule has 0 radical (unpaired) electrons. The van der Waals surface area contributed by atoms with Crippen molar-refractivity contribution >= 4 is 0 Å². The lowest BCUT2D eigenvalue weighted by Gasteiger charge is -2.37. The maximum Gasteiger partial charge on any atom is 0.204 e. The molecule has 3 saturated carbocycles. The minimum Gasteiger partial charge on any atom is -0.490 e. The van der Waals surface area contributed by atoms with Crippen LogP contribution in [-0.4, -0.2) is 12.7 Å². The average molecular weight is 407 g/mol. The summed E-state index contributed by atoms with van der Waals surface area (Å²) < 4.78 is 39.6. The van der Waals surface area contributed by atoms with Gasteiger partial charge in [0.2, 0.25) is 11.6 Å². The van der Waals surface area contributed by atoms with E-state index in [1.54, 1.807) is 0 Å². The first-order chi connectivity index (χ1) is 14.1. The van der Waals surface area contributed by atoms with Crippen LogP contribution in [0.2, 0.25) is 0 Å². The Morgan fingerprint density at radius 1 is 0.759 bits per heavy atom. The minimum atomic E-state index is -0.920. The van der Waals surface area contributed by atoms with Gasteiger partial charge in [-0.05, 0) is 87.2 Å². The van der Waals surface area contributed by atoms with Crippen LogP contribution in [0.3, 0.4) is 0 Å². The first-order valence-electron chi connectivity index (χ1n) is 11.9. The standard InChI is InChI=1S/C25H36F2O2/c1-2-3-17-4-8-19(9-5-17)20-10-6-18(7-11-20)16-28-22-14-15-23(25(27)24(22)26)29-21-12-13-21/h14-15,17-21H,2-13,16H2,1H3. The molecular formula is C25H36F2O2. The molecule has 3 aliphatic carbocycles. The van der Waals surface area contributed by atoms with E-state index in [9.17, 15) is 8.78 Å². The molecule has 0 saturated heterocycles. The summed E-state index contributed by atoms with van der Waals surface area (Å²) >= 11 is 0. The van der Waals surface area contributed by atoms with Crippen LogP contribution in [0.15, 0.2) is 12.1 Å². The molecule has 4 heteroatoms. The van der Waals surface area contributed by atoms with E-state index < -0.39 is 11.6 Å². The van der Waals surface area contributed by atoms with Gasteiger partial charge in [-0.3, -0.25) is 0 Å². The molecule has 1 aromatic rings. The van der Waals surface area contributed by atoms with Gasteiger partial charge in [0, 0.05) is 0 Å². The van der Waals surface area contributed by atoms with Crippen molar-refractivity contribution in [2.45, 2.75) is 90.1 Å². The molecule has 4 rings (SSSR count). The van der Waals surface area contributed by atoms with Crippen molar-refractivity contribution in [1.29, 1.82) is 0 Å². The molecule has 0 heterocycles. The van der Waals surface area contributed by atoms with Crippen molar-refractivity contribution in [3.05, 3.63) is 23.8 Å². The lowest BCUT2D eigenvalue weighted by Crippen LogP contribution is -2.27. The summed E-state index contributed by atoms with van der Waals surface area (Å²) in [6.45, 7) is 2.78. The summed E-state index contributed by atoms with van der Waals surface area (Å²) in [4.78, 5) is 0. The Hall–Kier alpha value is -1.32. The fourth-order valence-corrected chi connectivity index (χ4v) is 5.47. The second-order valence-corrected chi connectivity index (χ2v) is 9.67. The molecule has 29 heavy (non-hydrogen) atoms. The topological polar surface area (TPSA) is 18.5 Å². The summed E-state index contributed by atoms with van der Waals surface area (Å²) in [5.41, 5.74) is 0. The molecule has 1 aromatic carbocycles. The van der Waals surface area contributed by atoms with E-state index in [1.165, 1.54) is 63.5 Å². The third-order valence-corrected chi connectivity index (χ3v) is 7.45. The van der Waals surface area contributed by atoms with Crippen molar-refractivity contribution in [3.8, 4) is 11.5 Å². The van der Waals surface area contributed by atoms with Gasteiger partial charge in [-0.15, -0.1) is 0 Å². The van der Waals surface area contributed by atoms with Gasteiger partial charge in [0.15, 0.2) is 11.5 Å². The Morgan fingerprint density at radius 3 is 1.90 bits per heavy atom. The molecule has 0 amide bonds. The van der Waals surface area contributed by atoms with E-state index in [-0.39, 0.29) is 17.6 Å². The number of rotatable bonds is 8. The van der Waals surface area contributed by atoms with E-state index in [0.29, 0.717) is 12.5 Å². The highest BCUT2D eigenvalue weighted by atomic mass is 19.2. The highest BCUT2D eigenvalue weighted by Crippen LogP contribution is 2.42. The highest BCUT2D eigenvalue weighted by molar-refractivity contribution is 5.35. The third-order valence-electron chi connectivity index (χ3n) is 7.45. The van der Waals surface area contributed by atoms with E-state index in [4.69, 9.17) is 9.47 Å². The van der Waals surface area contributed by atoms with Crippen LogP contribution in [0.5, 0.6) is 11.5 Å². The Balaban J connectivity index is 1.21. The van der Waals surface area contributed by atoms with Crippen molar-refractivity contribution < 1.29 is 18.3 Å². The smallest absolute Gasteiger partial charge is 0.204 e. The number of ether oxygens (including phenoxy) is 2. The van der Waals surface area contributed by atoms with Gasteiger partial charge in [-0.25, -0.2) is 0 Å². The predicted molar refractivity (Wildman–Crippen MR) is 111 cm³/mol. The number of halogens is 2. The van der Waals surface area contributed by atoms with Gasteiger partial charge in [0.1, 0.15) is 0 Å². The lowest BCUT2D eigenvalue weighted by atomic mass is 9.69. The first kappa shape index (κ1) is 20.9. The first-order valence-corrected chi connectivity index (χ1v) is 11.9. The van der Waals surface area contributed by atoms with Crippen molar-refractivity contribution in [2.24, 2.45) is 23.7 Å². The van der Waals surface area contributed by atoms with Crippen molar-refractivity contribution in [2.75, 3.05) is 6.61 Å². The van der Waals surface area contributed by atoms with Gasteiger partial charge < -0.3 is 9.47 Å². The molecule has 0 atom stereocenters. The van der Waals surface area contributed by atoms with E-state index in [0.717, 1.165) is 43.4 Å². The number of benzene rings is 1. The zero-order valence-corrected chi connectivity index (χ0v) is 17.8. The molecule has 0 bridgehead atoms. The third kappa shape index (κ3) is 5.44. The van der Waals surface area contributed by atoms with Crippen LogP contribution in [0, 0.1) is 35.3 Å². The highest BCUT2D eigenvalue weighted by Gasteiger charge is 2.31. The SMILES string of the molecule is CCCC1CCC(C2CCC(COc3ccc(OC4CC4)c(F)c3F)CC2)CC1. The Morgan fingerprint density at radius 2 is 1.31 bits per heavy atom. The monoisotopic (exact) mass is 406 g/mol. The molecule has 162 valence electrons. The number of hydrogen-bond acceptors (Lipinski definition) is 2. The molecule has 0 unspecified atom stereocenters. The van der Waals surface area contributed by atoms with E-state index in [2.05, 4.69) is 6.92 Å². The normalized spacial score (nSPS) is 30.2. The summed E-state index contributed by atoms with van der Waals surface area (Å²) in [6, 6.07) is 3.01. The van der Waals surface area contributed by atoms with Gasteiger partial charge in [-0.1, -0.05) is 32.6 Å². The van der Waals surface area contributed by atoms with Crippen LogP contribution in [0.1, 0.15) is 84.0 Å². The van der Waals surface area contributed by atoms with E-state index >= 15 is 0 Å². The van der Waals surface area contributed by atoms with Crippen LogP contribution in [-0.2, 0) is 0 Å². The van der Waals surface area contributed by atoms with Crippen LogP contribution < -0.4 is 9.47 Å². The Labute approximate surface area is 174 Å². The second kappa shape index (κ2) is 9.66. The molecule has 0 aliphatic heterocycles. The van der Waals surface area contributed by atoms with Crippen LogP contribution in [0.4, 0.5) is 8.78 Å². The summed E-state index contributed by atoms with van der Waals surface area (Å²) in [6.07, 6.45) is 15.1. The zero-order valence-electron chi connectivity index (χ0n) is 17.8. The summed E-state index contributed by atoms with van der Waals surface area (Å²) in [7, 11) is 0. The maximum atomic E-state index is 14.3. The molecule has 3 aliphatic rings. The van der Waals surface area contributed by atoms with Crippen LogP contribution in [0.25, 0.3) is 0 Å². The quantitative estimate of drug-likeness (QED) is 0.451. The largest absolute Gasteiger partial charge is 0.490 e. The predicted octanol–water partition coefficient (Wildman–Crippen LogP) is 7.30. The number of hydrogen-bond donors (Lipinski definition) is 0. The maximum absolute atomic E-state index is 14.3. The van der Waals surface area contributed by atoms with Crippen LogP contribution >= 0.6 is 0 Å². The van der Waals surface area contributed by atoms with E-state index in [1.807, 2.05) is 0 Å². The minimum absolute atomic E-state index is 0.00603. The molecular weight excluding hydrogens is 370 g/mol. The second-order valence-electron chi connectivity index (χ2n) is 9.67. The van der Waals surface area contributed by atoms with Crippen molar-refractivity contribution in [3.63, 3.8) is 0 Å². The Bertz CT molecular complexity index is 657. The lowest BCUT2D eigenvalue weighted by molar-refractivity contribution is 0.120. The van der Waals surface area contributed by atoms with Gasteiger partial charge in [0.05, 0.1) is 12.7 Å². The summed E-state index contributed by atoms with van der Waals surface area (Å²) in [5, 5.41) is 0.